The number of halogens is 3. The highest BCUT2D eigenvalue weighted by Gasteiger charge is 2.38. The van der Waals surface area contributed by atoms with E-state index in [9.17, 15) is 18.0 Å². The van der Waals surface area contributed by atoms with E-state index in [0.717, 1.165) is 25.1 Å². The second-order valence-corrected chi connectivity index (χ2v) is 5.39. The minimum absolute atomic E-state index is 0.185. The molecule has 3 rings (SSSR count). The fraction of sp³-hybridized carbons (Fsp3) is 0.500. The van der Waals surface area contributed by atoms with E-state index in [1.165, 1.54) is 12.1 Å². The molecule has 108 valence electrons. The molecule has 6 heteroatoms. The van der Waals surface area contributed by atoms with E-state index in [1.807, 2.05) is 0 Å². The summed E-state index contributed by atoms with van der Waals surface area (Å²) in [5, 5.41) is 3.34. The molecular formula is C14H15F3N2O. The van der Waals surface area contributed by atoms with E-state index in [1.54, 1.807) is 4.90 Å². The molecule has 1 N–H and O–H groups in total. The third-order valence-electron chi connectivity index (χ3n) is 4.11. The van der Waals surface area contributed by atoms with Crippen molar-refractivity contribution in [1.82, 2.24) is 10.2 Å². The Labute approximate surface area is 114 Å². The van der Waals surface area contributed by atoms with Crippen molar-refractivity contribution >= 4 is 5.91 Å². The Morgan fingerprint density at radius 1 is 1.20 bits per heavy atom. The fourth-order valence-electron chi connectivity index (χ4n) is 3.00. The van der Waals surface area contributed by atoms with Crippen molar-refractivity contribution < 1.29 is 18.0 Å². The molecule has 0 radical (unpaired) electrons. The quantitative estimate of drug-likeness (QED) is 0.857. The maximum absolute atomic E-state index is 12.5. The molecule has 1 amide bonds. The molecule has 2 saturated heterocycles. The summed E-state index contributed by atoms with van der Waals surface area (Å²) in [6.07, 6.45) is -3.31. The van der Waals surface area contributed by atoms with E-state index in [-0.39, 0.29) is 5.91 Å². The van der Waals surface area contributed by atoms with Crippen molar-refractivity contribution in [3.8, 4) is 0 Å². The number of hydrogen-bond donors (Lipinski definition) is 1. The van der Waals surface area contributed by atoms with Gasteiger partial charge in [0.2, 0.25) is 0 Å². The van der Waals surface area contributed by atoms with Crippen LogP contribution in [-0.2, 0) is 6.18 Å². The van der Waals surface area contributed by atoms with Crippen molar-refractivity contribution in [3.63, 3.8) is 0 Å². The maximum Gasteiger partial charge on any atom is 0.416 e. The number of alkyl halides is 3. The molecule has 1 aromatic carbocycles. The highest BCUT2D eigenvalue weighted by Crippen LogP contribution is 2.30. The van der Waals surface area contributed by atoms with Crippen LogP contribution < -0.4 is 5.32 Å². The average Bonchev–Trinajstić information content (AvgIpc) is 2.97. The molecule has 0 aliphatic carbocycles. The zero-order chi connectivity index (χ0) is 14.3. The molecule has 2 atom stereocenters. The fourth-order valence-corrected chi connectivity index (χ4v) is 3.00. The highest BCUT2D eigenvalue weighted by molar-refractivity contribution is 5.94. The number of amides is 1. The molecule has 20 heavy (non-hydrogen) atoms. The number of carbonyl (C=O) groups excluding carboxylic acids is 1. The Bertz CT molecular complexity index is 500. The molecule has 0 aromatic heterocycles. The van der Waals surface area contributed by atoms with Crippen LogP contribution in [-0.4, -0.2) is 36.5 Å². The van der Waals surface area contributed by atoms with Crippen LogP contribution in [0.4, 0.5) is 13.2 Å². The first-order chi connectivity index (χ1) is 9.45. The van der Waals surface area contributed by atoms with Crippen molar-refractivity contribution in [1.29, 1.82) is 0 Å². The van der Waals surface area contributed by atoms with Gasteiger partial charge in [-0.05, 0) is 43.1 Å². The van der Waals surface area contributed by atoms with E-state index < -0.39 is 11.7 Å². The van der Waals surface area contributed by atoms with Crippen LogP contribution in [0.25, 0.3) is 0 Å². The molecule has 0 unspecified atom stereocenters. The Morgan fingerprint density at radius 2 is 1.90 bits per heavy atom. The molecule has 0 bridgehead atoms. The average molecular weight is 284 g/mol. The van der Waals surface area contributed by atoms with Gasteiger partial charge in [0.15, 0.2) is 0 Å². The third-order valence-corrected chi connectivity index (χ3v) is 4.11. The largest absolute Gasteiger partial charge is 0.416 e. The Balaban J connectivity index is 1.72. The number of likely N-dealkylation sites (tertiary alicyclic amines) is 1. The molecule has 2 heterocycles. The molecule has 2 aliphatic heterocycles. The molecule has 2 aliphatic rings. The van der Waals surface area contributed by atoms with Gasteiger partial charge >= 0.3 is 6.18 Å². The zero-order valence-electron chi connectivity index (χ0n) is 10.8. The van der Waals surface area contributed by atoms with Gasteiger partial charge in [0.25, 0.3) is 5.91 Å². The normalized spacial score (nSPS) is 25.9. The maximum atomic E-state index is 12.5. The van der Waals surface area contributed by atoms with Crippen molar-refractivity contribution in [2.45, 2.75) is 18.6 Å². The van der Waals surface area contributed by atoms with Crippen LogP contribution >= 0.6 is 0 Å². The van der Waals surface area contributed by atoms with Crippen molar-refractivity contribution in [3.05, 3.63) is 35.4 Å². The Hall–Kier alpha value is -1.56. The summed E-state index contributed by atoms with van der Waals surface area (Å²) in [7, 11) is 0. The lowest BCUT2D eigenvalue weighted by atomic mass is 10.1. The van der Waals surface area contributed by atoms with E-state index in [4.69, 9.17) is 0 Å². The first kappa shape index (κ1) is 13.4. The van der Waals surface area contributed by atoms with Gasteiger partial charge in [-0.15, -0.1) is 0 Å². The molecule has 1 aromatic rings. The summed E-state index contributed by atoms with van der Waals surface area (Å²) in [4.78, 5) is 14.0. The Kier molecular flexibility index (Phi) is 3.20. The first-order valence-corrected chi connectivity index (χ1v) is 6.65. The van der Waals surface area contributed by atoms with Crippen molar-refractivity contribution in [2.24, 2.45) is 5.92 Å². The van der Waals surface area contributed by atoms with Crippen LogP contribution in [0.15, 0.2) is 24.3 Å². The minimum Gasteiger partial charge on any atom is -0.337 e. The number of rotatable bonds is 1. The predicted octanol–water partition coefficient (Wildman–Crippen LogP) is 2.14. The van der Waals surface area contributed by atoms with Gasteiger partial charge in [-0.25, -0.2) is 0 Å². The summed E-state index contributed by atoms with van der Waals surface area (Å²) >= 11 is 0. The molecule has 2 fully saturated rings. The lowest BCUT2D eigenvalue weighted by Gasteiger charge is -2.17. The summed E-state index contributed by atoms with van der Waals surface area (Å²) in [5.41, 5.74) is -0.410. The number of fused-ring (bicyclic) bond motifs is 1. The van der Waals surface area contributed by atoms with Gasteiger partial charge in [0.1, 0.15) is 0 Å². The monoisotopic (exact) mass is 284 g/mol. The van der Waals surface area contributed by atoms with E-state index >= 15 is 0 Å². The zero-order valence-corrected chi connectivity index (χ0v) is 10.8. The number of benzene rings is 1. The van der Waals surface area contributed by atoms with E-state index in [2.05, 4.69) is 5.32 Å². The lowest BCUT2D eigenvalue weighted by molar-refractivity contribution is -0.137. The topological polar surface area (TPSA) is 32.3 Å². The third kappa shape index (κ3) is 2.40. The summed E-state index contributed by atoms with van der Waals surface area (Å²) in [6, 6.07) is 4.78. The van der Waals surface area contributed by atoms with Crippen LogP contribution in [0.5, 0.6) is 0 Å². The van der Waals surface area contributed by atoms with Gasteiger partial charge in [-0.2, -0.15) is 13.2 Å². The predicted molar refractivity (Wildman–Crippen MR) is 67.2 cm³/mol. The molecule has 3 nitrogen and oxygen atoms in total. The van der Waals surface area contributed by atoms with E-state index in [0.29, 0.717) is 30.6 Å². The van der Waals surface area contributed by atoms with Crippen LogP contribution in [0.3, 0.4) is 0 Å². The van der Waals surface area contributed by atoms with Gasteiger partial charge in [-0.1, -0.05) is 0 Å². The standard InChI is InChI=1S/C14H15F3N2O/c15-14(16,17)11-3-1-9(2-4-11)13(20)19-7-10-5-6-18-12(10)8-19/h1-4,10,12,18H,5-8H2/t10-,12+/m0/s1. The van der Waals surface area contributed by atoms with Gasteiger partial charge in [-0.3, -0.25) is 4.79 Å². The van der Waals surface area contributed by atoms with Crippen molar-refractivity contribution in [2.75, 3.05) is 19.6 Å². The number of nitrogens with zero attached hydrogens (tertiary/aromatic N) is 1. The lowest BCUT2D eigenvalue weighted by Crippen LogP contribution is -2.33. The number of nitrogens with one attached hydrogen (secondary N) is 1. The highest BCUT2D eigenvalue weighted by atomic mass is 19.4. The summed E-state index contributed by atoms with van der Waals surface area (Å²) < 4.78 is 37.4. The first-order valence-electron chi connectivity index (χ1n) is 6.65. The molecule has 0 saturated carbocycles. The second kappa shape index (κ2) is 4.77. The van der Waals surface area contributed by atoms with Gasteiger partial charge in [0, 0.05) is 24.7 Å². The van der Waals surface area contributed by atoms with Crippen LogP contribution in [0, 0.1) is 5.92 Å². The molecule has 0 spiro atoms. The van der Waals surface area contributed by atoms with Crippen LogP contribution in [0.2, 0.25) is 0 Å². The summed E-state index contributed by atoms with van der Waals surface area (Å²) in [6.45, 7) is 2.32. The van der Waals surface area contributed by atoms with Gasteiger partial charge < -0.3 is 10.2 Å². The minimum atomic E-state index is -4.36. The number of hydrogen-bond acceptors (Lipinski definition) is 2. The second-order valence-electron chi connectivity index (χ2n) is 5.39. The Morgan fingerprint density at radius 3 is 2.50 bits per heavy atom. The number of carbonyl (C=O) groups is 1. The SMILES string of the molecule is O=C(c1ccc(C(F)(F)F)cc1)N1C[C@@H]2CCN[C@@H]2C1. The summed E-state index contributed by atoms with van der Waals surface area (Å²) in [5.74, 6) is 0.295. The van der Waals surface area contributed by atoms with Crippen LogP contribution in [0.1, 0.15) is 22.3 Å². The molecular weight excluding hydrogens is 269 g/mol. The smallest absolute Gasteiger partial charge is 0.337 e. The van der Waals surface area contributed by atoms with Gasteiger partial charge in [0.05, 0.1) is 5.56 Å².